The van der Waals surface area contributed by atoms with E-state index >= 15 is 0 Å². The molecule has 0 heterocycles. The van der Waals surface area contributed by atoms with Crippen molar-refractivity contribution in [3.05, 3.63) is 0 Å². The molecule has 68 valence electrons. The Balaban J connectivity index is 3.80. The molecule has 0 saturated heterocycles. The van der Waals surface area contributed by atoms with Crippen LogP contribution in [0.4, 0.5) is 0 Å². The van der Waals surface area contributed by atoms with Gasteiger partial charge in [-0.1, -0.05) is 0 Å². The Labute approximate surface area is 77.9 Å². The number of hydrogen-bond acceptors (Lipinski definition) is 2. The number of rotatable bonds is 4. The van der Waals surface area contributed by atoms with Crippen LogP contribution >= 0.6 is 11.6 Å². The van der Waals surface area contributed by atoms with E-state index < -0.39 is 0 Å². The Bertz CT molecular complexity index is 188. The highest BCUT2D eigenvalue weighted by atomic mass is 35.5. The summed E-state index contributed by atoms with van der Waals surface area (Å²) in [6.07, 6.45) is 0.343. The average Bonchev–Trinajstić information content (AvgIpc) is 2.04. The predicted molar refractivity (Wildman–Crippen MR) is 47.8 cm³/mol. The Morgan fingerprint density at radius 1 is 1.75 bits per heavy atom. The number of hydrogen-bond donors (Lipinski definition) is 0. The highest BCUT2D eigenvalue weighted by Crippen LogP contribution is 1.99. The number of nitrogens with zero attached hydrogens (tertiary/aromatic N) is 2. The lowest BCUT2D eigenvalue weighted by molar-refractivity contribution is -0.129. The number of carbonyl (C=O) groups is 1. The van der Waals surface area contributed by atoms with Crippen molar-refractivity contribution in [3.63, 3.8) is 0 Å². The monoisotopic (exact) mass is 188 g/mol. The van der Waals surface area contributed by atoms with E-state index in [2.05, 4.69) is 6.07 Å². The maximum atomic E-state index is 11.1. The molecule has 4 heteroatoms. The molecular weight excluding hydrogens is 176 g/mol. The van der Waals surface area contributed by atoms with E-state index in [4.69, 9.17) is 16.9 Å². The molecule has 0 aliphatic carbocycles. The predicted octanol–water partition coefficient (Wildman–Crippen LogP) is 1.23. The second kappa shape index (κ2) is 5.84. The number of alkyl halides is 1. The van der Waals surface area contributed by atoms with Crippen molar-refractivity contribution in [1.29, 1.82) is 5.26 Å². The third kappa shape index (κ3) is 4.20. The largest absolute Gasteiger partial charge is 0.344 e. The highest BCUT2D eigenvalue weighted by Gasteiger charge is 2.10. The summed E-state index contributed by atoms with van der Waals surface area (Å²) in [6.45, 7) is 2.26. The van der Waals surface area contributed by atoms with Gasteiger partial charge in [0.05, 0.1) is 12.0 Å². The van der Waals surface area contributed by atoms with Gasteiger partial charge in [0, 0.05) is 25.9 Å². The summed E-state index contributed by atoms with van der Waals surface area (Å²) in [5, 5.41) is 8.48. The van der Waals surface area contributed by atoms with Crippen molar-refractivity contribution in [1.82, 2.24) is 4.90 Å². The number of halogens is 1. The number of nitriles is 1. The van der Waals surface area contributed by atoms with E-state index in [1.165, 1.54) is 4.90 Å². The third-order valence-corrected chi connectivity index (χ3v) is 1.69. The van der Waals surface area contributed by atoms with Gasteiger partial charge in [-0.25, -0.2) is 0 Å². The Kier molecular flexibility index (Phi) is 5.48. The minimum atomic E-state index is -0.116. The Morgan fingerprint density at radius 2 is 2.33 bits per heavy atom. The second-order valence-corrected chi connectivity index (χ2v) is 3.12. The van der Waals surface area contributed by atoms with Crippen molar-refractivity contribution in [2.75, 3.05) is 19.5 Å². The van der Waals surface area contributed by atoms with Crippen molar-refractivity contribution in [2.45, 2.75) is 13.3 Å². The zero-order valence-electron chi connectivity index (χ0n) is 7.38. The van der Waals surface area contributed by atoms with E-state index in [0.29, 0.717) is 18.8 Å². The molecule has 0 N–H and O–H groups in total. The second-order valence-electron chi connectivity index (χ2n) is 2.74. The Hall–Kier alpha value is -0.750. The molecule has 1 amide bonds. The van der Waals surface area contributed by atoms with Gasteiger partial charge in [0.2, 0.25) is 5.91 Å². The average molecular weight is 189 g/mol. The zero-order chi connectivity index (χ0) is 9.56. The maximum absolute atomic E-state index is 11.1. The standard InChI is InChI=1S/C8H13ClN2O/c1-7(5-10)6-11(2)8(12)3-4-9/h7H,3-4,6H2,1-2H3. The van der Waals surface area contributed by atoms with Crippen LogP contribution in [0, 0.1) is 17.2 Å². The molecule has 0 saturated carbocycles. The normalized spacial score (nSPS) is 11.8. The lowest BCUT2D eigenvalue weighted by Crippen LogP contribution is -2.30. The van der Waals surface area contributed by atoms with Crippen LogP contribution < -0.4 is 0 Å². The van der Waals surface area contributed by atoms with E-state index in [0.717, 1.165) is 0 Å². The fourth-order valence-corrected chi connectivity index (χ4v) is 0.987. The maximum Gasteiger partial charge on any atom is 0.223 e. The molecule has 0 bridgehead atoms. The van der Waals surface area contributed by atoms with Gasteiger partial charge in [-0.05, 0) is 6.92 Å². The van der Waals surface area contributed by atoms with Crippen LogP contribution in [0.2, 0.25) is 0 Å². The van der Waals surface area contributed by atoms with E-state index in [9.17, 15) is 4.79 Å². The fourth-order valence-electron chi connectivity index (χ4n) is 0.825. The van der Waals surface area contributed by atoms with Gasteiger partial charge < -0.3 is 4.90 Å². The van der Waals surface area contributed by atoms with E-state index in [1.807, 2.05) is 0 Å². The smallest absolute Gasteiger partial charge is 0.223 e. The van der Waals surface area contributed by atoms with E-state index in [1.54, 1.807) is 14.0 Å². The third-order valence-electron chi connectivity index (χ3n) is 1.50. The Morgan fingerprint density at radius 3 is 2.75 bits per heavy atom. The first-order valence-electron chi connectivity index (χ1n) is 3.81. The lowest BCUT2D eigenvalue weighted by atomic mass is 10.2. The van der Waals surface area contributed by atoms with Crippen LogP contribution in [0.25, 0.3) is 0 Å². The molecule has 1 atom stereocenters. The van der Waals surface area contributed by atoms with Gasteiger partial charge in [-0.15, -0.1) is 11.6 Å². The van der Waals surface area contributed by atoms with Crippen LogP contribution in [0.5, 0.6) is 0 Å². The molecule has 0 aromatic carbocycles. The van der Waals surface area contributed by atoms with Crippen molar-refractivity contribution in [3.8, 4) is 6.07 Å². The van der Waals surface area contributed by atoms with Gasteiger partial charge in [0.25, 0.3) is 0 Å². The van der Waals surface area contributed by atoms with Crippen LogP contribution in [-0.4, -0.2) is 30.3 Å². The van der Waals surface area contributed by atoms with E-state index in [-0.39, 0.29) is 11.8 Å². The molecule has 0 spiro atoms. The first-order chi connectivity index (χ1) is 5.61. The minimum absolute atomic E-state index is 0.00731. The van der Waals surface area contributed by atoms with Gasteiger partial charge in [0.15, 0.2) is 0 Å². The molecule has 0 rings (SSSR count). The molecule has 0 aromatic heterocycles. The minimum Gasteiger partial charge on any atom is -0.344 e. The van der Waals surface area contributed by atoms with Crippen molar-refractivity contribution in [2.24, 2.45) is 5.92 Å². The topological polar surface area (TPSA) is 44.1 Å². The van der Waals surface area contributed by atoms with Gasteiger partial charge >= 0.3 is 0 Å². The molecule has 0 fully saturated rings. The van der Waals surface area contributed by atoms with Crippen molar-refractivity contribution >= 4 is 17.5 Å². The zero-order valence-corrected chi connectivity index (χ0v) is 8.14. The summed E-state index contributed by atoms with van der Waals surface area (Å²) in [7, 11) is 1.68. The lowest BCUT2D eigenvalue weighted by Gasteiger charge is -2.17. The van der Waals surface area contributed by atoms with Crippen LogP contribution in [-0.2, 0) is 4.79 Å². The molecule has 0 aliphatic heterocycles. The summed E-state index contributed by atoms with van der Waals surface area (Å²) < 4.78 is 0. The first kappa shape index (κ1) is 11.2. The highest BCUT2D eigenvalue weighted by molar-refractivity contribution is 6.18. The SMILES string of the molecule is CC(C#N)CN(C)C(=O)CCCl. The molecule has 0 radical (unpaired) electrons. The van der Waals surface area contributed by atoms with Gasteiger partial charge in [-0.2, -0.15) is 5.26 Å². The first-order valence-corrected chi connectivity index (χ1v) is 4.34. The summed E-state index contributed by atoms with van der Waals surface area (Å²) >= 11 is 5.40. The van der Waals surface area contributed by atoms with Crippen LogP contribution in [0.3, 0.4) is 0 Å². The summed E-state index contributed by atoms with van der Waals surface area (Å²) in [5.41, 5.74) is 0. The molecule has 12 heavy (non-hydrogen) atoms. The van der Waals surface area contributed by atoms with Gasteiger partial charge in [0.1, 0.15) is 0 Å². The molecular formula is C8H13ClN2O. The number of amides is 1. The molecule has 0 aromatic rings. The quantitative estimate of drug-likeness (QED) is 0.623. The van der Waals surface area contributed by atoms with Crippen molar-refractivity contribution < 1.29 is 4.79 Å². The van der Waals surface area contributed by atoms with Crippen LogP contribution in [0.15, 0.2) is 0 Å². The molecule has 3 nitrogen and oxygen atoms in total. The molecule has 1 unspecified atom stereocenters. The summed E-state index contributed by atoms with van der Waals surface area (Å²) in [5.74, 6) is 0.214. The van der Waals surface area contributed by atoms with Gasteiger partial charge in [-0.3, -0.25) is 4.79 Å². The van der Waals surface area contributed by atoms with Crippen LogP contribution in [0.1, 0.15) is 13.3 Å². The summed E-state index contributed by atoms with van der Waals surface area (Å²) in [4.78, 5) is 12.7. The molecule has 0 aliphatic rings. The summed E-state index contributed by atoms with van der Waals surface area (Å²) in [6, 6.07) is 2.07. The number of carbonyl (C=O) groups excluding carboxylic acids is 1. The fraction of sp³-hybridized carbons (Fsp3) is 0.750.